The highest BCUT2D eigenvalue weighted by molar-refractivity contribution is 8.00. The lowest BCUT2D eigenvalue weighted by Crippen LogP contribution is -2.45. The number of amides is 2. The summed E-state index contributed by atoms with van der Waals surface area (Å²) in [6, 6.07) is 18.2. The fourth-order valence-electron chi connectivity index (χ4n) is 3.42. The van der Waals surface area contributed by atoms with E-state index < -0.39 is 0 Å². The van der Waals surface area contributed by atoms with Crippen LogP contribution in [0.2, 0.25) is 0 Å². The second kappa shape index (κ2) is 9.78. The summed E-state index contributed by atoms with van der Waals surface area (Å²) in [5, 5.41) is 2.91. The number of nitrogens with one attached hydrogen (secondary N) is 1. The van der Waals surface area contributed by atoms with Gasteiger partial charge in [-0.3, -0.25) is 9.59 Å². The number of rotatable bonds is 6. The lowest BCUT2D eigenvalue weighted by atomic mass is 9.95. The molecule has 148 valence electrons. The monoisotopic (exact) mass is 396 g/mol. The van der Waals surface area contributed by atoms with Gasteiger partial charge in [0.05, 0.1) is 5.25 Å². The van der Waals surface area contributed by atoms with Crippen molar-refractivity contribution in [3.05, 3.63) is 65.7 Å². The molecule has 1 unspecified atom stereocenters. The Kier molecular flexibility index (Phi) is 7.15. The van der Waals surface area contributed by atoms with E-state index in [4.69, 9.17) is 0 Å². The molecule has 0 bridgehead atoms. The van der Waals surface area contributed by atoms with E-state index in [0.29, 0.717) is 19.6 Å². The maximum absolute atomic E-state index is 12.8. The highest BCUT2D eigenvalue weighted by atomic mass is 32.2. The molecule has 2 aromatic carbocycles. The van der Waals surface area contributed by atoms with Crippen LogP contribution in [0.3, 0.4) is 0 Å². The van der Waals surface area contributed by atoms with Crippen LogP contribution in [0.1, 0.15) is 30.9 Å². The number of aryl methyl sites for hydroxylation is 1. The van der Waals surface area contributed by atoms with Crippen LogP contribution in [0.15, 0.2) is 59.5 Å². The first-order valence-corrected chi connectivity index (χ1v) is 10.7. The zero-order valence-electron chi connectivity index (χ0n) is 16.6. The zero-order valence-corrected chi connectivity index (χ0v) is 17.4. The van der Waals surface area contributed by atoms with E-state index in [0.717, 1.165) is 23.3 Å². The van der Waals surface area contributed by atoms with Gasteiger partial charge in [0.2, 0.25) is 11.8 Å². The molecule has 0 radical (unpaired) electrons. The Balaban J connectivity index is 1.44. The van der Waals surface area contributed by atoms with E-state index in [-0.39, 0.29) is 23.0 Å². The van der Waals surface area contributed by atoms with Crippen LogP contribution < -0.4 is 5.32 Å². The molecule has 0 saturated carbocycles. The average molecular weight is 397 g/mol. The second-order valence-electron chi connectivity index (χ2n) is 7.38. The van der Waals surface area contributed by atoms with Crippen LogP contribution in [0.4, 0.5) is 0 Å². The third-order valence-electron chi connectivity index (χ3n) is 5.17. The highest BCUT2D eigenvalue weighted by Gasteiger charge is 2.29. The normalized spacial score (nSPS) is 15.9. The summed E-state index contributed by atoms with van der Waals surface area (Å²) in [5.74, 6) is 0.250. The fourth-order valence-corrected chi connectivity index (χ4v) is 4.37. The maximum Gasteiger partial charge on any atom is 0.235 e. The standard InChI is InChI=1S/C23H28N2O2S/c1-17-8-10-21(11-9-17)28-18(2)23(27)25-14-12-20(13-15-25)22(26)24-16-19-6-4-3-5-7-19/h3-11,18,20H,12-16H2,1-2H3,(H,24,26). The van der Waals surface area contributed by atoms with Crippen molar-refractivity contribution < 1.29 is 9.59 Å². The van der Waals surface area contributed by atoms with Crippen LogP contribution in [0.25, 0.3) is 0 Å². The van der Waals surface area contributed by atoms with Gasteiger partial charge in [-0.1, -0.05) is 48.0 Å². The summed E-state index contributed by atoms with van der Waals surface area (Å²) in [5.41, 5.74) is 2.32. The second-order valence-corrected chi connectivity index (χ2v) is 8.79. The molecule has 1 aliphatic rings. The van der Waals surface area contributed by atoms with E-state index in [1.807, 2.05) is 42.2 Å². The number of carbonyl (C=O) groups is 2. The average Bonchev–Trinajstić information content (AvgIpc) is 2.74. The molecule has 0 aromatic heterocycles. The lowest BCUT2D eigenvalue weighted by molar-refractivity contribution is -0.135. The third-order valence-corrected chi connectivity index (χ3v) is 6.27. The number of nitrogens with zero attached hydrogens (tertiary/aromatic N) is 1. The van der Waals surface area contributed by atoms with Crippen molar-refractivity contribution in [1.29, 1.82) is 0 Å². The molecule has 28 heavy (non-hydrogen) atoms. The van der Waals surface area contributed by atoms with Gasteiger partial charge in [-0.2, -0.15) is 0 Å². The first-order chi connectivity index (χ1) is 13.5. The van der Waals surface area contributed by atoms with Gasteiger partial charge in [-0.25, -0.2) is 0 Å². The molecule has 1 atom stereocenters. The number of hydrogen-bond donors (Lipinski definition) is 1. The van der Waals surface area contributed by atoms with E-state index in [2.05, 4.69) is 36.5 Å². The minimum absolute atomic E-state index is 0.00665. The predicted octanol–water partition coefficient (Wildman–Crippen LogP) is 4.03. The molecule has 1 aliphatic heterocycles. The van der Waals surface area contributed by atoms with Gasteiger partial charge in [0.1, 0.15) is 0 Å². The van der Waals surface area contributed by atoms with Crippen LogP contribution in [-0.2, 0) is 16.1 Å². The molecule has 2 aromatic rings. The minimum Gasteiger partial charge on any atom is -0.352 e. The molecule has 4 nitrogen and oxygen atoms in total. The van der Waals surface area contributed by atoms with Crippen LogP contribution >= 0.6 is 11.8 Å². The Morgan fingerprint density at radius 2 is 1.71 bits per heavy atom. The van der Waals surface area contributed by atoms with Crippen LogP contribution in [0, 0.1) is 12.8 Å². The molecule has 1 heterocycles. The van der Waals surface area contributed by atoms with Gasteiger partial charge in [-0.05, 0) is 44.4 Å². The number of thioether (sulfide) groups is 1. The first-order valence-electron chi connectivity index (χ1n) is 9.86. The molecule has 1 fully saturated rings. The van der Waals surface area contributed by atoms with Crippen LogP contribution in [0.5, 0.6) is 0 Å². The van der Waals surface area contributed by atoms with Crippen molar-refractivity contribution >= 4 is 23.6 Å². The first kappa shape index (κ1) is 20.5. The van der Waals surface area contributed by atoms with Crippen molar-refractivity contribution in [3.63, 3.8) is 0 Å². The molecular weight excluding hydrogens is 368 g/mol. The summed E-state index contributed by atoms with van der Waals surface area (Å²) in [7, 11) is 0. The number of piperidine rings is 1. The minimum atomic E-state index is -0.119. The molecule has 2 amide bonds. The fraction of sp³-hybridized carbons (Fsp3) is 0.391. The van der Waals surface area contributed by atoms with Gasteiger partial charge in [0.25, 0.3) is 0 Å². The van der Waals surface area contributed by atoms with Crippen molar-refractivity contribution in [1.82, 2.24) is 10.2 Å². The van der Waals surface area contributed by atoms with Gasteiger partial charge in [0, 0.05) is 30.4 Å². The summed E-state index contributed by atoms with van der Waals surface area (Å²) in [4.78, 5) is 28.2. The Labute approximate surface area is 171 Å². The maximum atomic E-state index is 12.8. The van der Waals surface area contributed by atoms with E-state index in [1.54, 1.807) is 11.8 Å². The van der Waals surface area contributed by atoms with Gasteiger partial charge in [-0.15, -0.1) is 11.8 Å². The van der Waals surface area contributed by atoms with E-state index in [9.17, 15) is 9.59 Å². The van der Waals surface area contributed by atoms with E-state index >= 15 is 0 Å². The largest absolute Gasteiger partial charge is 0.352 e. The summed E-state index contributed by atoms with van der Waals surface area (Å²) < 4.78 is 0. The molecule has 0 aliphatic carbocycles. The van der Waals surface area contributed by atoms with Crippen molar-refractivity contribution in [2.45, 2.75) is 43.4 Å². The zero-order chi connectivity index (χ0) is 19.9. The Hall–Kier alpha value is -2.27. The number of hydrogen-bond acceptors (Lipinski definition) is 3. The van der Waals surface area contributed by atoms with Crippen LogP contribution in [-0.4, -0.2) is 35.1 Å². The Morgan fingerprint density at radius 3 is 2.36 bits per heavy atom. The SMILES string of the molecule is Cc1ccc(SC(C)C(=O)N2CCC(C(=O)NCc3ccccc3)CC2)cc1. The summed E-state index contributed by atoms with van der Waals surface area (Å²) in [6.45, 7) is 5.89. The van der Waals surface area contributed by atoms with Crippen molar-refractivity contribution in [3.8, 4) is 0 Å². The van der Waals surface area contributed by atoms with E-state index in [1.165, 1.54) is 5.56 Å². The molecule has 1 saturated heterocycles. The van der Waals surface area contributed by atoms with Gasteiger partial charge in [0.15, 0.2) is 0 Å². The third kappa shape index (κ3) is 5.61. The molecule has 5 heteroatoms. The topological polar surface area (TPSA) is 49.4 Å². The highest BCUT2D eigenvalue weighted by Crippen LogP contribution is 2.26. The lowest BCUT2D eigenvalue weighted by Gasteiger charge is -2.33. The molecular formula is C23H28N2O2S. The predicted molar refractivity (Wildman–Crippen MR) is 114 cm³/mol. The number of carbonyl (C=O) groups excluding carboxylic acids is 2. The molecule has 3 rings (SSSR count). The Morgan fingerprint density at radius 1 is 1.07 bits per heavy atom. The van der Waals surface area contributed by atoms with Gasteiger partial charge >= 0.3 is 0 Å². The quantitative estimate of drug-likeness (QED) is 0.750. The molecule has 0 spiro atoms. The smallest absolute Gasteiger partial charge is 0.235 e. The molecule has 1 N–H and O–H groups in total. The summed E-state index contributed by atoms with van der Waals surface area (Å²) >= 11 is 1.60. The van der Waals surface area contributed by atoms with Gasteiger partial charge < -0.3 is 10.2 Å². The number of likely N-dealkylation sites (tertiary alicyclic amines) is 1. The van der Waals surface area contributed by atoms with Crippen molar-refractivity contribution in [2.24, 2.45) is 5.92 Å². The Bertz CT molecular complexity index is 784. The van der Waals surface area contributed by atoms with Crippen molar-refractivity contribution in [2.75, 3.05) is 13.1 Å². The number of benzene rings is 2. The summed E-state index contributed by atoms with van der Waals surface area (Å²) in [6.07, 6.45) is 1.46.